The fourth-order valence-corrected chi connectivity index (χ4v) is 4.44. The van der Waals surface area contributed by atoms with Crippen molar-refractivity contribution in [1.82, 2.24) is 0 Å². The van der Waals surface area contributed by atoms with Crippen molar-refractivity contribution in [3.8, 4) is 0 Å². The van der Waals surface area contributed by atoms with Gasteiger partial charge in [-0.25, -0.2) is 8.42 Å². The second-order valence-corrected chi connectivity index (χ2v) is 8.89. The van der Waals surface area contributed by atoms with E-state index in [1.165, 1.54) is 12.1 Å². The van der Waals surface area contributed by atoms with Crippen molar-refractivity contribution in [2.45, 2.75) is 25.7 Å². The number of nitrogens with zero attached hydrogens (tertiary/aromatic N) is 1. The van der Waals surface area contributed by atoms with Crippen LogP contribution in [0.5, 0.6) is 0 Å². The highest BCUT2D eigenvalue weighted by atomic mass is 32.2. The fraction of sp³-hybridized carbons (Fsp3) is 0.174. The van der Waals surface area contributed by atoms with Crippen LogP contribution in [0.1, 0.15) is 16.7 Å². The molecule has 5 nitrogen and oxygen atoms in total. The smallest absolute Gasteiger partial charge is 0.264 e. The molecule has 29 heavy (non-hydrogen) atoms. The van der Waals surface area contributed by atoms with Crippen LogP contribution >= 0.6 is 0 Å². The van der Waals surface area contributed by atoms with E-state index >= 15 is 0 Å². The molecule has 150 valence electrons. The largest absolute Gasteiger partial charge is 0.324 e. The molecule has 6 heteroatoms. The fourth-order valence-electron chi connectivity index (χ4n) is 3.01. The minimum atomic E-state index is -3.90. The van der Waals surface area contributed by atoms with Gasteiger partial charge in [0.25, 0.3) is 10.0 Å². The topological polar surface area (TPSA) is 66.5 Å². The molecule has 3 aromatic carbocycles. The number of aryl methyl sites for hydroxylation is 3. The highest BCUT2D eigenvalue weighted by molar-refractivity contribution is 7.92. The summed E-state index contributed by atoms with van der Waals surface area (Å²) in [6.45, 7) is 5.39. The van der Waals surface area contributed by atoms with E-state index < -0.39 is 15.9 Å². The number of nitrogens with one attached hydrogen (secondary N) is 1. The van der Waals surface area contributed by atoms with Gasteiger partial charge in [-0.1, -0.05) is 42.5 Å². The molecule has 0 spiro atoms. The Morgan fingerprint density at radius 3 is 2.24 bits per heavy atom. The van der Waals surface area contributed by atoms with Crippen molar-refractivity contribution >= 4 is 27.3 Å². The molecule has 0 bridgehead atoms. The molecule has 0 saturated heterocycles. The van der Waals surface area contributed by atoms with Crippen LogP contribution in [0.4, 0.5) is 11.4 Å². The van der Waals surface area contributed by atoms with Crippen LogP contribution in [0.2, 0.25) is 0 Å². The summed E-state index contributed by atoms with van der Waals surface area (Å²) in [6, 6.07) is 21.0. The van der Waals surface area contributed by atoms with E-state index in [0.717, 1.165) is 21.0 Å². The SMILES string of the molecule is Cc1cccc(N(CC(=O)Nc2cc(C)ccc2C)S(=O)(=O)c2ccccc2)c1. The summed E-state index contributed by atoms with van der Waals surface area (Å²) in [5.74, 6) is -0.403. The van der Waals surface area contributed by atoms with Gasteiger partial charge in [0.15, 0.2) is 0 Å². The zero-order valence-electron chi connectivity index (χ0n) is 16.7. The van der Waals surface area contributed by atoms with Crippen molar-refractivity contribution < 1.29 is 13.2 Å². The number of amides is 1. The summed E-state index contributed by atoms with van der Waals surface area (Å²) in [6.07, 6.45) is 0. The molecule has 0 atom stereocenters. The third-order valence-corrected chi connectivity index (χ3v) is 6.36. The Hall–Kier alpha value is -3.12. The summed E-state index contributed by atoms with van der Waals surface area (Å²) < 4.78 is 27.7. The van der Waals surface area contributed by atoms with E-state index in [2.05, 4.69) is 5.32 Å². The lowest BCUT2D eigenvalue weighted by molar-refractivity contribution is -0.114. The lowest BCUT2D eigenvalue weighted by Crippen LogP contribution is -2.38. The van der Waals surface area contributed by atoms with Crippen LogP contribution in [0.15, 0.2) is 77.7 Å². The first-order chi connectivity index (χ1) is 13.8. The molecule has 0 aliphatic rings. The second kappa shape index (κ2) is 8.49. The maximum Gasteiger partial charge on any atom is 0.264 e. The maximum atomic E-state index is 13.3. The van der Waals surface area contributed by atoms with E-state index in [4.69, 9.17) is 0 Å². The zero-order valence-corrected chi connectivity index (χ0v) is 17.5. The van der Waals surface area contributed by atoms with Gasteiger partial charge in [0, 0.05) is 5.69 Å². The molecule has 1 N–H and O–H groups in total. The highest BCUT2D eigenvalue weighted by Crippen LogP contribution is 2.25. The predicted octanol–water partition coefficient (Wildman–Crippen LogP) is 4.45. The van der Waals surface area contributed by atoms with Gasteiger partial charge in [0.05, 0.1) is 10.6 Å². The van der Waals surface area contributed by atoms with Gasteiger partial charge in [-0.3, -0.25) is 9.10 Å². The van der Waals surface area contributed by atoms with Gasteiger partial charge in [-0.2, -0.15) is 0 Å². The Bertz CT molecular complexity index is 1130. The number of carbonyl (C=O) groups is 1. The lowest BCUT2D eigenvalue weighted by atomic mass is 10.1. The van der Waals surface area contributed by atoms with E-state index in [9.17, 15) is 13.2 Å². The average Bonchev–Trinajstić information content (AvgIpc) is 2.69. The standard InChI is InChI=1S/C23H24N2O3S/c1-17-8-7-9-20(14-17)25(29(27,28)21-10-5-4-6-11-21)16-23(26)24-22-15-18(2)12-13-19(22)3/h4-15H,16H2,1-3H3,(H,24,26). The summed E-state index contributed by atoms with van der Waals surface area (Å²) in [5.41, 5.74) is 3.96. The quantitative estimate of drug-likeness (QED) is 0.655. The van der Waals surface area contributed by atoms with Crippen molar-refractivity contribution in [3.05, 3.63) is 89.5 Å². The van der Waals surface area contributed by atoms with E-state index in [-0.39, 0.29) is 11.4 Å². The van der Waals surface area contributed by atoms with E-state index in [0.29, 0.717) is 11.4 Å². The van der Waals surface area contributed by atoms with Crippen molar-refractivity contribution in [2.75, 3.05) is 16.2 Å². The number of anilines is 2. The molecular weight excluding hydrogens is 384 g/mol. The van der Waals surface area contributed by atoms with Crippen LogP contribution in [-0.4, -0.2) is 20.9 Å². The van der Waals surface area contributed by atoms with Gasteiger partial charge in [0.1, 0.15) is 6.54 Å². The second-order valence-electron chi connectivity index (χ2n) is 7.03. The van der Waals surface area contributed by atoms with Crippen LogP contribution in [0.3, 0.4) is 0 Å². The third-order valence-electron chi connectivity index (χ3n) is 4.58. The van der Waals surface area contributed by atoms with Crippen LogP contribution < -0.4 is 9.62 Å². The van der Waals surface area contributed by atoms with Crippen LogP contribution in [-0.2, 0) is 14.8 Å². The molecule has 0 aromatic heterocycles. The Kier molecular flexibility index (Phi) is 6.03. The number of carbonyl (C=O) groups excluding carboxylic acids is 1. The molecule has 0 unspecified atom stereocenters. The third kappa shape index (κ3) is 4.84. The monoisotopic (exact) mass is 408 g/mol. The average molecular weight is 409 g/mol. The first-order valence-electron chi connectivity index (χ1n) is 9.29. The Morgan fingerprint density at radius 2 is 1.55 bits per heavy atom. The maximum absolute atomic E-state index is 13.3. The van der Waals surface area contributed by atoms with Crippen LogP contribution in [0.25, 0.3) is 0 Å². The van der Waals surface area contributed by atoms with Gasteiger partial charge < -0.3 is 5.32 Å². The van der Waals surface area contributed by atoms with Gasteiger partial charge in [-0.15, -0.1) is 0 Å². The minimum Gasteiger partial charge on any atom is -0.324 e. The number of benzene rings is 3. The summed E-state index contributed by atoms with van der Waals surface area (Å²) >= 11 is 0. The Morgan fingerprint density at radius 1 is 0.862 bits per heavy atom. The highest BCUT2D eigenvalue weighted by Gasteiger charge is 2.27. The van der Waals surface area contributed by atoms with Crippen molar-refractivity contribution in [1.29, 1.82) is 0 Å². The van der Waals surface area contributed by atoms with Crippen LogP contribution in [0, 0.1) is 20.8 Å². The number of hydrogen-bond donors (Lipinski definition) is 1. The molecule has 0 aliphatic carbocycles. The first kappa shape index (κ1) is 20.6. The zero-order chi connectivity index (χ0) is 21.0. The van der Waals surface area contributed by atoms with Crippen molar-refractivity contribution in [3.63, 3.8) is 0 Å². The van der Waals surface area contributed by atoms with Gasteiger partial charge >= 0.3 is 0 Å². The molecule has 1 amide bonds. The molecule has 3 aromatic rings. The van der Waals surface area contributed by atoms with Gasteiger partial charge in [0.2, 0.25) is 5.91 Å². The number of hydrogen-bond acceptors (Lipinski definition) is 3. The first-order valence-corrected chi connectivity index (χ1v) is 10.7. The minimum absolute atomic E-state index is 0.140. The molecule has 0 heterocycles. The normalized spacial score (nSPS) is 11.1. The molecule has 3 rings (SSSR count). The van der Waals surface area contributed by atoms with Gasteiger partial charge in [-0.05, 0) is 67.8 Å². The summed E-state index contributed by atoms with van der Waals surface area (Å²) in [5, 5.41) is 2.84. The molecular formula is C23H24N2O3S. The molecule has 0 radical (unpaired) electrons. The molecule has 0 saturated carbocycles. The predicted molar refractivity (Wildman–Crippen MR) is 117 cm³/mol. The molecule has 0 fully saturated rings. The van der Waals surface area contributed by atoms with E-state index in [1.54, 1.807) is 36.4 Å². The summed E-state index contributed by atoms with van der Waals surface area (Å²) in [7, 11) is -3.90. The van der Waals surface area contributed by atoms with Crippen molar-refractivity contribution in [2.24, 2.45) is 0 Å². The Balaban J connectivity index is 1.95. The Labute approximate surface area is 172 Å². The number of rotatable bonds is 6. The summed E-state index contributed by atoms with van der Waals surface area (Å²) in [4.78, 5) is 12.9. The number of sulfonamides is 1. The van der Waals surface area contributed by atoms with E-state index in [1.807, 2.05) is 45.0 Å². The lowest BCUT2D eigenvalue weighted by Gasteiger charge is -2.24. The molecule has 0 aliphatic heterocycles.